The van der Waals surface area contributed by atoms with Crippen LogP contribution in [0.3, 0.4) is 0 Å². The van der Waals surface area contributed by atoms with Crippen molar-refractivity contribution in [3.05, 3.63) is 0 Å². The summed E-state index contributed by atoms with van der Waals surface area (Å²) in [5.74, 6) is 0.485. The molecule has 2 rings (SSSR count). The first-order valence-electron chi connectivity index (χ1n) is 7.99. The number of carbonyl (C=O) groups excluding carboxylic acids is 1. The van der Waals surface area contributed by atoms with Crippen molar-refractivity contribution in [2.45, 2.75) is 44.9 Å². The fraction of sp³-hybridized carbons (Fsp3) is 0.867. The highest BCUT2D eigenvalue weighted by Gasteiger charge is 2.34. The van der Waals surface area contributed by atoms with E-state index in [2.05, 4.69) is 36.0 Å². The van der Waals surface area contributed by atoms with Crippen LogP contribution in [0.4, 0.5) is 0 Å². The number of aliphatic imine (C=N–C) groups is 1. The van der Waals surface area contributed by atoms with Crippen LogP contribution in [0.2, 0.25) is 0 Å². The van der Waals surface area contributed by atoms with Crippen molar-refractivity contribution < 1.29 is 9.53 Å². The van der Waals surface area contributed by atoms with Crippen molar-refractivity contribution in [1.82, 2.24) is 10.2 Å². The van der Waals surface area contributed by atoms with Gasteiger partial charge in [0, 0.05) is 18.3 Å². The van der Waals surface area contributed by atoms with E-state index in [1.54, 1.807) is 11.8 Å². The van der Waals surface area contributed by atoms with E-state index in [1.807, 2.05) is 0 Å². The molecular formula is C15H27N3O2S. The van der Waals surface area contributed by atoms with Gasteiger partial charge in [-0.25, -0.2) is 0 Å². The molecule has 0 spiro atoms. The van der Waals surface area contributed by atoms with Crippen LogP contribution in [0.1, 0.15) is 33.6 Å². The quantitative estimate of drug-likeness (QED) is 0.840. The summed E-state index contributed by atoms with van der Waals surface area (Å²) >= 11 is 1.66. The van der Waals surface area contributed by atoms with Crippen molar-refractivity contribution >= 4 is 22.8 Å². The highest BCUT2D eigenvalue weighted by Crippen LogP contribution is 2.22. The van der Waals surface area contributed by atoms with Gasteiger partial charge in [0.05, 0.1) is 25.8 Å². The Labute approximate surface area is 131 Å². The largest absolute Gasteiger partial charge is 0.379 e. The lowest BCUT2D eigenvalue weighted by Crippen LogP contribution is -2.55. The Hall–Kier alpha value is -0.590. The SMILES string of the molecule is CCC(CC)C(C(=O)NC1=NCC(C)S1)N1CCOCC1. The minimum absolute atomic E-state index is 0.0666. The number of hydrogen-bond donors (Lipinski definition) is 1. The Bertz CT molecular complexity index is 379. The molecule has 2 aliphatic rings. The Morgan fingerprint density at radius 3 is 2.62 bits per heavy atom. The molecule has 1 amide bonds. The topological polar surface area (TPSA) is 53.9 Å². The summed E-state index contributed by atoms with van der Waals surface area (Å²) in [7, 11) is 0. The Morgan fingerprint density at radius 1 is 1.43 bits per heavy atom. The maximum absolute atomic E-state index is 12.8. The van der Waals surface area contributed by atoms with Crippen LogP contribution in [-0.4, -0.2) is 60.1 Å². The second-order valence-electron chi connectivity index (χ2n) is 5.73. The van der Waals surface area contributed by atoms with Gasteiger partial charge in [0.25, 0.3) is 0 Å². The highest BCUT2D eigenvalue weighted by atomic mass is 32.2. The Balaban J connectivity index is 2.04. The van der Waals surface area contributed by atoms with Crippen molar-refractivity contribution in [2.75, 3.05) is 32.8 Å². The van der Waals surface area contributed by atoms with Crippen LogP contribution in [0.15, 0.2) is 4.99 Å². The van der Waals surface area contributed by atoms with Crippen molar-refractivity contribution in [1.29, 1.82) is 0 Å². The third-order valence-corrected chi connectivity index (χ3v) is 5.24. The normalized spacial score (nSPS) is 25.0. The standard InChI is InChI=1S/C15H27N3O2S/c1-4-12(5-2)13(18-6-8-20-9-7-18)14(19)17-15-16-10-11(3)21-15/h11-13H,4-10H2,1-3H3,(H,16,17,19). The summed E-state index contributed by atoms with van der Waals surface area (Å²) in [4.78, 5) is 19.5. The molecule has 0 saturated carbocycles. The zero-order valence-corrected chi connectivity index (χ0v) is 14.1. The van der Waals surface area contributed by atoms with E-state index >= 15 is 0 Å². The van der Waals surface area contributed by atoms with Crippen molar-refractivity contribution in [2.24, 2.45) is 10.9 Å². The number of nitrogens with one attached hydrogen (secondary N) is 1. The van der Waals surface area contributed by atoms with Gasteiger partial charge < -0.3 is 10.1 Å². The molecule has 1 fully saturated rings. The number of amides is 1. The van der Waals surface area contributed by atoms with Gasteiger partial charge in [-0.05, 0) is 5.92 Å². The zero-order chi connectivity index (χ0) is 15.2. The highest BCUT2D eigenvalue weighted by molar-refractivity contribution is 8.14. The average Bonchev–Trinajstić information content (AvgIpc) is 2.90. The van der Waals surface area contributed by atoms with Gasteiger partial charge in [-0.15, -0.1) is 0 Å². The summed E-state index contributed by atoms with van der Waals surface area (Å²) in [6, 6.07) is -0.0666. The van der Waals surface area contributed by atoms with Gasteiger partial charge in [-0.1, -0.05) is 45.4 Å². The fourth-order valence-electron chi connectivity index (χ4n) is 2.99. The predicted octanol–water partition coefficient (Wildman–Crippen LogP) is 1.73. The molecule has 1 N–H and O–H groups in total. The van der Waals surface area contributed by atoms with Gasteiger partial charge in [0.2, 0.25) is 5.91 Å². The number of hydrogen-bond acceptors (Lipinski definition) is 5. The smallest absolute Gasteiger partial charge is 0.243 e. The van der Waals surface area contributed by atoms with E-state index < -0.39 is 0 Å². The Kier molecular flexibility index (Phi) is 6.51. The molecule has 0 aromatic heterocycles. The number of rotatable bonds is 5. The lowest BCUT2D eigenvalue weighted by molar-refractivity contribution is -0.129. The van der Waals surface area contributed by atoms with E-state index in [4.69, 9.17) is 4.74 Å². The molecule has 6 heteroatoms. The van der Waals surface area contributed by atoms with Gasteiger partial charge in [0.1, 0.15) is 0 Å². The second-order valence-corrected chi connectivity index (χ2v) is 7.16. The van der Waals surface area contributed by atoms with Crippen molar-refractivity contribution in [3.63, 3.8) is 0 Å². The van der Waals surface area contributed by atoms with Crippen molar-refractivity contribution in [3.8, 4) is 0 Å². The first-order valence-corrected chi connectivity index (χ1v) is 8.87. The van der Waals surface area contributed by atoms with Gasteiger partial charge >= 0.3 is 0 Å². The molecular weight excluding hydrogens is 286 g/mol. The van der Waals surface area contributed by atoms with Crippen LogP contribution in [0.25, 0.3) is 0 Å². The molecule has 1 saturated heterocycles. The van der Waals surface area contributed by atoms with Gasteiger partial charge in [0.15, 0.2) is 5.17 Å². The third kappa shape index (κ3) is 4.44. The number of nitrogens with zero attached hydrogens (tertiary/aromatic N) is 2. The number of carbonyl (C=O) groups is 1. The predicted molar refractivity (Wildman–Crippen MR) is 87.7 cm³/mol. The number of ether oxygens (including phenoxy) is 1. The first kappa shape index (κ1) is 16.8. The minimum atomic E-state index is -0.0666. The van der Waals surface area contributed by atoms with E-state index in [0.29, 0.717) is 11.2 Å². The third-order valence-electron chi connectivity index (χ3n) is 4.24. The van der Waals surface area contributed by atoms with E-state index in [9.17, 15) is 4.79 Å². The van der Waals surface area contributed by atoms with E-state index in [0.717, 1.165) is 50.9 Å². The summed E-state index contributed by atoms with van der Waals surface area (Å²) < 4.78 is 5.42. The molecule has 2 atom stereocenters. The lowest BCUT2D eigenvalue weighted by Gasteiger charge is -2.37. The molecule has 0 aliphatic carbocycles. The molecule has 2 aliphatic heterocycles. The van der Waals surface area contributed by atoms with Crippen LogP contribution in [-0.2, 0) is 9.53 Å². The second kappa shape index (κ2) is 8.15. The number of thioether (sulfide) groups is 1. The molecule has 5 nitrogen and oxygen atoms in total. The molecule has 2 unspecified atom stereocenters. The van der Waals surface area contributed by atoms with Crippen LogP contribution >= 0.6 is 11.8 Å². The average molecular weight is 313 g/mol. The fourth-order valence-corrected chi connectivity index (χ4v) is 3.83. The van der Waals surface area contributed by atoms with Crippen LogP contribution in [0.5, 0.6) is 0 Å². The number of amidine groups is 1. The molecule has 0 radical (unpaired) electrons. The monoisotopic (exact) mass is 313 g/mol. The molecule has 120 valence electrons. The van der Waals surface area contributed by atoms with Gasteiger partial charge in [-0.3, -0.25) is 14.7 Å². The summed E-state index contributed by atoms with van der Waals surface area (Å²) in [5.41, 5.74) is 0. The zero-order valence-electron chi connectivity index (χ0n) is 13.3. The first-order chi connectivity index (χ1) is 10.2. The maximum atomic E-state index is 12.8. The van der Waals surface area contributed by atoms with E-state index in [-0.39, 0.29) is 11.9 Å². The molecule has 0 bridgehead atoms. The molecule has 21 heavy (non-hydrogen) atoms. The van der Waals surface area contributed by atoms with Gasteiger partial charge in [-0.2, -0.15) is 0 Å². The molecule has 2 heterocycles. The summed E-state index contributed by atoms with van der Waals surface area (Å²) in [5, 5.41) is 4.30. The van der Waals surface area contributed by atoms with Crippen LogP contribution in [0, 0.1) is 5.92 Å². The van der Waals surface area contributed by atoms with E-state index in [1.165, 1.54) is 0 Å². The molecule has 0 aromatic carbocycles. The summed E-state index contributed by atoms with van der Waals surface area (Å²) in [6.45, 7) is 10.4. The molecule has 0 aromatic rings. The maximum Gasteiger partial charge on any atom is 0.243 e. The minimum Gasteiger partial charge on any atom is -0.379 e. The lowest BCUT2D eigenvalue weighted by atomic mass is 9.92. The van der Waals surface area contributed by atoms with Crippen LogP contribution < -0.4 is 5.32 Å². The Morgan fingerprint density at radius 2 is 2.10 bits per heavy atom. The number of morpholine rings is 1. The summed E-state index contributed by atoms with van der Waals surface area (Å²) in [6.07, 6.45) is 2.03.